The van der Waals surface area contributed by atoms with E-state index in [1.165, 1.54) is 0 Å². The maximum Gasteiger partial charge on any atom is 0.465 e. The molecule has 1 N–H and O–H groups in total. The molecule has 0 aromatic heterocycles. The summed E-state index contributed by atoms with van der Waals surface area (Å²) in [5.74, 6) is -2.31. The molecule has 0 aromatic rings. The van der Waals surface area contributed by atoms with Crippen LogP contribution in [0.25, 0.3) is 0 Å². The molecule has 6 nitrogen and oxygen atoms in total. The van der Waals surface area contributed by atoms with E-state index in [9.17, 15) is 22.0 Å². The molecule has 0 saturated carbocycles. The summed E-state index contributed by atoms with van der Waals surface area (Å²) in [7, 11) is -5.78. The van der Waals surface area contributed by atoms with Crippen LogP contribution in [0.4, 0.5) is 8.78 Å². The van der Waals surface area contributed by atoms with Crippen molar-refractivity contribution >= 4 is 16.1 Å². The Kier molecular flexibility index (Phi) is 2.74. The Balaban J connectivity index is 2.57. The maximum absolute atomic E-state index is 12.4. The van der Waals surface area contributed by atoms with Gasteiger partial charge in [-0.05, 0) is 0 Å². The third kappa shape index (κ3) is 2.36. The van der Waals surface area contributed by atoms with Gasteiger partial charge in [-0.15, -0.1) is 0 Å². The van der Waals surface area contributed by atoms with Crippen molar-refractivity contribution in [2.45, 2.75) is 11.4 Å². The van der Waals surface area contributed by atoms with Crippen LogP contribution < -0.4 is 0 Å². The minimum atomic E-state index is -5.78. The molecule has 9 heteroatoms. The number of carbonyl (C=O) groups is 1. The van der Waals surface area contributed by atoms with E-state index in [1.54, 1.807) is 0 Å². The lowest BCUT2D eigenvalue weighted by atomic mass is 10.5. The minimum absolute atomic E-state index is 0.269. The molecule has 1 saturated heterocycles. The number of ether oxygens (including phenoxy) is 2. The first-order chi connectivity index (χ1) is 6.25. The second kappa shape index (κ2) is 3.41. The SMILES string of the molecule is O=C(OCC1CO1)C(F)(F)S(=O)(=O)O. The van der Waals surface area contributed by atoms with Crippen LogP contribution in [0.5, 0.6) is 0 Å². The van der Waals surface area contributed by atoms with Crippen LogP contribution in [-0.4, -0.2) is 43.5 Å². The first kappa shape index (κ1) is 11.3. The van der Waals surface area contributed by atoms with E-state index >= 15 is 0 Å². The summed E-state index contributed by atoms with van der Waals surface area (Å²) < 4.78 is 61.4. The van der Waals surface area contributed by atoms with Gasteiger partial charge >= 0.3 is 21.3 Å². The Morgan fingerprint density at radius 3 is 2.50 bits per heavy atom. The van der Waals surface area contributed by atoms with Crippen molar-refractivity contribution in [3.63, 3.8) is 0 Å². The zero-order valence-electron chi connectivity index (χ0n) is 6.64. The third-order valence-electron chi connectivity index (χ3n) is 1.36. The van der Waals surface area contributed by atoms with Crippen LogP contribution in [-0.2, 0) is 24.4 Å². The molecule has 1 atom stereocenters. The van der Waals surface area contributed by atoms with Gasteiger partial charge in [-0.3, -0.25) is 4.55 Å². The molecule has 0 aliphatic carbocycles. The zero-order valence-corrected chi connectivity index (χ0v) is 7.46. The number of hydrogen-bond acceptors (Lipinski definition) is 5. The number of carbonyl (C=O) groups excluding carboxylic acids is 1. The van der Waals surface area contributed by atoms with Crippen molar-refractivity contribution in [3.8, 4) is 0 Å². The fourth-order valence-corrected chi connectivity index (χ4v) is 0.792. The second-order valence-electron chi connectivity index (χ2n) is 2.55. The maximum atomic E-state index is 12.4. The summed E-state index contributed by atoms with van der Waals surface area (Å²) in [6, 6.07) is 0. The van der Waals surface area contributed by atoms with Gasteiger partial charge in [0, 0.05) is 0 Å². The summed E-state index contributed by atoms with van der Waals surface area (Å²) in [5.41, 5.74) is 0. The predicted octanol–water partition coefficient (Wildman–Crippen LogP) is -0.591. The van der Waals surface area contributed by atoms with Gasteiger partial charge in [-0.25, -0.2) is 4.79 Å². The number of hydrogen-bond donors (Lipinski definition) is 1. The molecular weight excluding hydrogens is 226 g/mol. The number of halogens is 2. The van der Waals surface area contributed by atoms with Crippen LogP contribution >= 0.6 is 0 Å². The summed E-state index contributed by atoms with van der Waals surface area (Å²) in [5, 5.41) is -4.93. The molecule has 1 fully saturated rings. The monoisotopic (exact) mass is 232 g/mol. The van der Waals surface area contributed by atoms with Gasteiger partial charge in [0.2, 0.25) is 0 Å². The standard InChI is InChI=1S/C5H6F2O6S/c6-5(7,14(9,10)11)4(8)13-2-3-1-12-3/h3H,1-2H2,(H,9,10,11). The molecule has 1 aliphatic rings. The normalized spacial score (nSPS) is 21.8. The molecule has 1 rings (SSSR count). The van der Waals surface area contributed by atoms with E-state index in [0.717, 1.165) is 0 Å². The number of epoxide rings is 1. The number of esters is 1. The minimum Gasteiger partial charge on any atom is -0.457 e. The van der Waals surface area contributed by atoms with Crippen LogP contribution in [0.15, 0.2) is 0 Å². The quantitative estimate of drug-likeness (QED) is 0.395. The van der Waals surface area contributed by atoms with Gasteiger partial charge in [0.25, 0.3) is 0 Å². The van der Waals surface area contributed by atoms with E-state index in [0.29, 0.717) is 0 Å². The van der Waals surface area contributed by atoms with E-state index in [1.807, 2.05) is 0 Å². The van der Waals surface area contributed by atoms with Gasteiger partial charge in [0.05, 0.1) is 6.61 Å². The first-order valence-corrected chi connectivity index (χ1v) is 4.83. The summed E-state index contributed by atoms with van der Waals surface area (Å²) >= 11 is 0. The topological polar surface area (TPSA) is 93.2 Å². The molecule has 1 unspecified atom stereocenters. The van der Waals surface area contributed by atoms with E-state index in [4.69, 9.17) is 4.55 Å². The highest BCUT2D eigenvalue weighted by Crippen LogP contribution is 2.22. The molecule has 1 aliphatic heterocycles. The largest absolute Gasteiger partial charge is 0.465 e. The lowest BCUT2D eigenvalue weighted by Gasteiger charge is -2.10. The average molecular weight is 232 g/mol. The highest BCUT2D eigenvalue weighted by Gasteiger charge is 2.54. The van der Waals surface area contributed by atoms with Crippen LogP contribution in [0.3, 0.4) is 0 Å². The third-order valence-corrected chi connectivity index (χ3v) is 2.18. The van der Waals surface area contributed by atoms with E-state index in [-0.39, 0.29) is 6.61 Å². The summed E-state index contributed by atoms with van der Waals surface area (Å²) in [6.07, 6.45) is -0.462. The molecule has 0 bridgehead atoms. The van der Waals surface area contributed by atoms with E-state index in [2.05, 4.69) is 9.47 Å². The van der Waals surface area contributed by atoms with Crippen LogP contribution in [0.1, 0.15) is 0 Å². The number of rotatable bonds is 4. The molecule has 0 amide bonds. The van der Waals surface area contributed by atoms with Gasteiger partial charge in [0.15, 0.2) is 0 Å². The van der Waals surface area contributed by atoms with Crippen molar-refractivity contribution in [3.05, 3.63) is 0 Å². The highest BCUT2D eigenvalue weighted by atomic mass is 32.2. The fourth-order valence-electron chi connectivity index (χ4n) is 0.522. The summed E-state index contributed by atoms with van der Waals surface area (Å²) in [6.45, 7) is -0.186. The lowest BCUT2D eigenvalue weighted by Crippen LogP contribution is -2.39. The molecular formula is C5H6F2O6S. The molecule has 82 valence electrons. The van der Waals surface area contributed by atoms with Crippen molar-refractivity contribution in [1.82, 2.24) is 0 Å². The molecule has 0 radical (unpaired) electrons. The zero-order chi connectivity index (χ0) is 11.0. The highest BCUT2D eigenvalue weighted by molar-refractivity contribution is 7.87. The molecule has 0 aromatic carbocycles. The molecule has 14 heavy (non-hydrogen) atoms. The summed E-state index contributed by atoms with van der Waals surface area (Å²) in [4.78, 5) is 10.5. The van der Waals surface area contributed by atoms with Gasteiger partial charge in [-0.1, -0.05) is 0 Å². The molecule has 1 heterocycles. The Hall–Kier alpha value is -0.800. The van der Waals surface area contributed by atoms with Gasteiger partial charge in [-0.2, -0.15) is 17.2 Å². The average Bonchev–Trinajstić information content (AvgIpc) is 2.80. The second-order valence-corrected chi connectivity index (χ2v) is 4.01. The Morgan fingerprint density at radius 1 is 1.64 bits per heavy atom. The first-order valence-electron chi connectivity index (χ1n) is 3.39. The number of alkyl halides is 2. The van der Waals surface area contributed by atoms with Crippen molar-refractivity contribution in [2.75, 3.05) is 13.2 Å². The van der Waals surface area contributed by atoms with Gasteiger partial charge < -0.3 is 9.47 Å². The lowest BCUT2D eigenvalue weighted by molar-refractivity contribution is -0.161. The Morgan fingerprint density at radius 2 is 2.14 bits per heavy atom. The van der Waals surface area contributed by atoms with E-state index < -0.39 is 34.1 Å². The van der Waals surface area contributed by atoms with Crippen LogP contribution in [0, 0.1) is 0 Å². The Labute approximate surface area is 77.5 Å². The van der Waals surface area contributed by atoms with Gasteiger partial charge in [0.1, 0.15) is 12.7 Å². The van der Waals surface area contributed by atoms with Crippen molar-refractivity contribution in [1.29, 1.82) is 0 Å². The smallest absolute Gasteiger partial charge is 0.457 e. The van der Waals surface area contributed by atoms with Crippen molar-refractivity contribution < 1.29 is 36.0 Å². The fraction of sp³-hybridized carbons (Fsp3) is 0.800. The Bertz CT molecular complexity index is 332. The molecule has 0 spiro atoms. The van der Waals surface area contributed by atoms with Crippen molar-refractivity contribution in [2.24, 2.45) is 0 Å². The predicted molar refractivity (Wildman–Crippen MR) is 37.2 cm³/mol. The van der Waals surface area contributed by atoms with Crippen LogP contribution in [0.2, 0.25) is 0 Å².